The zero-order valence-corrected chi connectivity index (χ0v) is 15.8. The average Bonchev–Trinajstić information content (AvgIpc) is 2.63. The highest BCUT2D eigenvalue weighted by Gasteiger charge is 2.38. The lowest BCUT2D eigenvalue weighted by molar-refractivity contribution is -0.149. The van der Waals surface area contributed by atoms with Crippen LogP contribution in [0.1, 0.15) is 16.7 Å². The number of aliphatic carboxylic acids is 1. The maximum atomic E-state index is 13.5. The first-order valence-corrected chi connectivity index (χ1v) is 9.41. The minimum atomic E-state index is -4.63. The van der Waals surface area contributed by atoms with Crippen molar-refractivity contribution in [3.63, 3.8) is 0 Å². The largest absolute Gasteiger partial charge is 0.492 e. The summed E-state index contributed by atoms with van der Waals surface area (Å²) < 4.78 is 63.3. The monoisotopic (exact) mass is 425 g/mol. The molecule has 0 spiro atoms. The van der Waals surface area contributed by atoms with Crippen LogP contribution in [0.25, 0.3) is 0 Å². The number of nitrogens with zero attached hydrogens (tertiary/aromatic N) is 1. The van der Waals surface area contributed by atoms with Crippen LogP contribution in [0.3, 0.4) is 0 Å². The number of fused-ring (bicyclic) bond motifs is 1. The lowest BCUT2D eigenvalue weighted by atomic mass is 9.93. The Morgan fingerprint density at radius 3 is 2.67 bits per heavy atom. The number of ether oxygens (including phenoxy) is 2. The van der Waals surface area contributed by atoms with Crippen molar-refractivity contribution in [2.45, 2.75) is 25.2 Å². The predicted molar refractivity (Wildman–Crippen MR) is 97.9 cm³/mol. The van der Waals surface area contributed by atoms with Crippen molar-refractivity contribution in [2.75, 3.05) is 19.7 Å². The minimum Gasteiger partial charge on any atom is -0.492 e. The van der Waals surface area contributed by atoms with E-state index in [0.717, 1.165) is 17.7 Å². The summed E-state index contributed by atoms with van der Waals surface area (Å²) in [6, 6.07) is 7.58. The Hall–Kier alpha value is -2.81. The van der Waals surface area contributed by atoms with Gasteiger partial charge in [-0.2, -0.15) is 13.2 Å². The summed E-state index contributed by atoms with van der Waals surface area (Å²) in [7, 11) is 0. The maximum absolute atomic E-state index is 13.5. The standard InChI is InChI=1S/C21H19F4NO4/c22-16-4-12(3-15(6-16)21(23,24)25)10-29-18-2-1-13-5-17(11-30-19(13)7-18)26-8-14(9-26)20(27)28/h1-4,6-7,14,17H,5,8-11H2,(H,27,28). The van der Waals surface area contributed by atoms with E-state index in [0.29, 0.717) is 43.7 Å². The van der Waals surface area contributed by atoms with Crippen molar-refractivity contribution in [3.8, 4) is 11.5 Å². The fourth-order valence-corrected chi connectivity index (χ4v) is 3.69. The lowest BCUT2D eigenvalue weighted by Gasteiger charge is -2.43. The van der Waals surface area contributed by atoms with E-state index in [9.17, 15) is 22.4 Å². The van der Waals surface area contributed by atoms with Gasteiger partial charge in [-0.05, 0) is 41.8 Å². The molecule has 4 rings (SSSR count). The number of halogens is 4. The van der Waals surface area contributed by atoms with Crippen LogP contribution in [0.4, 0.5) is 17.6 Å². The number of carboxylic acids is 1. The first-order chi connectivity index (χ1) is 14.2. The highest BCUT2D eigenvalue weighted by molar-refractivity contribution is 5.71. The number of carbonyl (C=O) groups is 1. The topological polar surface area (TPSA) is 59.0 Å². The molecule has 5 nitrogen and oxygen atoms in total. The van der Waals surface area contributed by atoms with Crippen molar-refractivity contribution in [3.05, 3.63) is 58.9 Å². The van der Waals surface area contributed by atoms with E-state index in [2.05, 4.69) is 4.90 Å². The molecule has 2 aromatic carbocycles. The fraction of sp³-hybridized carbons (Fsp3) is 0.381. The number of rotatable bonds is 5. The Bertz CT molecular complexity index is 957. The van der Waals surface area contributed by atoms with Crippen molar-refractivity contribution in [1.29, 1.82) is 0 Å². The Balaban J connectivity index is 1.38. The molecular weight excluding hydrogens is 406 g/mol. The third kappa shape index (κ3) is 4.35. The summed E-state index contributed by atoms with van der Waals surface area (Å²) in [5.74, 6) is -1.07. The number of alkyl halides is 3. The summed E-state index contributed by atoms with van der Waals surface area (Å²) in [5, 5.41) is 8.99. The van der Waals surface area contributed by atoms with Gasteiger partial charge in [0.05, 0.1) is 11.5 Å². The zero-order chi connectivity index (χ0) is 21.5. The first kappa shape index (κ1) is 20.5. The van der Waals surface area contributed by atoms with Crippen LogP contribution in [0.2, 0.25) is 0 Å². The van der Waals surface area contributed by atoms with E-state index in [4.69, 9.17) is 14.6 Å². The molecule has 1 saturated heterocycles. The van der Waals surface area contributed by atoms with Crippen molar-refractivity contribution >= 4 is 5.97 Å². The second-order valence-electron chi connectivity index (χ2n) is 7.56. The van der Waals surface area contributed by atoms with Gasteiger partial charge in [-0.1, -0.05) is 6.07 Å². The predicted octanol–water partition coefficient (Wildman–Crippen LogP) is 3.74. The molecule has 2 aliphatic heterocycles. The highest BCUT2D eigenvalue weighted by atomic mass is 19.4. The molecule has 1 unspecified atom stereocenters. The summed E-state index contributed by atoms with van der Waals surface area (Å²) >= 11 is 0. The quantitative estimate of drug-likeness (QED) is 0.740. The summed E-state index contributed by atoms with van der Waals surface area (Å²) in [5.41, 5.74) is -0.0358. The molecule has 0 bridgehead atoms. The fourth-order valence-electron chi connectivity index (χ4n) is 3.69. The van der Waals surface area contributed by atoms with Gasteiger partial charge >= 0.3 is 12.1 Å². The molecule has 9 heteroatoms. The van der Waals surface area contributed by atoms with E-state index in [1.807, 2.05) is 6.07 Å². The van der Waals surface area contributed by atoms with Gasteiger partial charge < -0.3 is 14.6 Å². The number of likely N-dealkylation sites (tertiary alicyclic amines) is 1. The van der Waals surface area contributed by atoms with E-state index >= 15 is 0 Å². The van der Waals surface area contributed by atoms with E-state index in [1.165, 1.54) is 0 Å². The molecule has 1 N–H and O–H groups in total. The highest BCUT2D eigenvalue weighted by Crippen LogP contribution is 2.34. The number of hydrogen-bond acceptors (Lipinski definition) is 4. The molecule has 0 saturated carbocycles. The van der Waals surface area contributed by atoms with Crippen LogP contribution in [0.5, 0.6) is 11.5 Å². The maximum Gasteiger partial charge on any atom is 0.416 e. The third-order valence-electron chi connectivity index (χ3n) is 5.39. The Kier molecular flexibility index (Phi) is 5.31. The molecule has 0 aliphatic carbocycles. The molecule has 2 heterocycles. The van der Waals surface area contributed by atoms with Gasteiger partial charge in [0.2, 0.25) is 0 Å². The molecule has 0 radical (unpaired) electrons. The van der Waals surface area contributed by atoms with Gasteiger partial charge in [0, 0.05) is 25.2 Å². The molecule has 2 aliphatic rings. The zero-order valence-electron chi connectivity index (χ0n) is 15.8. The Morgan fingerprint density at radius 1 is 1.20 bits per heavy atom. The molecule has 1 fully saturated rings. The SMILES string of the molecule is O=C(O)C1CN(C2COc3cc(OCc4cc(F)cc(C(F)(F)F)c4)ccc3C2)C1. The van der Waals surface area contributed by atoms with Gasteiger partial charge in [0.25, 0.3) is 0 Å². The van der Waals surface area contributed by atoms with Crippen LogP contribution < -0.4 is 9.47 Å². The van der Waals surface area contributed by atoms with Crippen LogP contribution >= 0.6 is 0 Å². The van der Waals surface area contributed by atoms with Crippen LogP contribution in [0.15, 0.2) is 36.4 Å². The van der Waals surface area contributed by atoms with E-state index < -0.39 is 23.5 Å². The van der Waals surface area contributed by atoms with Gasteiger partial charge in [0.15, 0.2) is 0 Å². The first-order valence-electron chi connectivity index (χ1n) is 9.41. The molecule has 160 valence electrons. The Labute approximate surface area is 169 Å². The third-order valence-corrected chi connectivity index (χ3v) is 5.39. The van der Waals surface area contributed by atoms with Crippen molar-refractivity contribution in [2.24, 2.45) is 5.92 Å². The van der Waals surface area contributed by atoms with Crippen molar-refractivity contribution < 1.29 is 36.9 Å². The van der Waals surface area contributed by atoms with Gasteiger partial charge in [-0.3, -0.25) is 9.69 Å². The second-order valence-corrected chi connectivity index (χ2v) is 7.56. The normalized spacial score (nSPS) is 19.5. The number of benzene rings is 2. The smallest absolute Gasteiger partial charge is 0.416 e. The average molecular weight is 425 g/mol. The van der Waals surface area contributed by atoms with Gasteiger partial charge in [0.1, 0.15) is 30.5 Å². The molecular formula is C21H19F4NO4. The minimum absolute atomic E-state index is 0.0757. The van der Waals surface area contributed by atoms with Crippen LogP contribution in [0, 0.1) is 11.7 Å². The van der Waals surface area contributed by atoms with Crippen LogP contribution in [-0.2, 0) is 24.0 Å². The van der Waals surface area contributed by atoms with Gasteiger partial charge in [-0.25, -0.2) is 4.39 Å². The molecule has 0 amide bonds. The molecule has 2 aromatic rings. The number of hydrogen-bond donors (Lipinski definition) is 1. The van der Waals surface area contributed by atoms with E-state index in [-0.39, 0.29) is 24.1 Å². The lowest BCUT2D eigenvalue weighted by Crippen LogP contribution is -2.57. The molecule has 0 aromatic heterocycles. The van der Waals surface area contributed by atoms with Crippen LogP contribution in [-0.4, -0.2) is 41.7 Å². The summed E-state index contributed by atoms with van der Waals surface area (Å²) in [6.07, 6.45) is -3.92. The van der Waals surface area contributed by atoms with Gasteiger partial charge in [-0.15, -0.1) is 0 Å². The Morgan fingerprint density at radius 2 is 1.97 bits per heavy atom. The molecule has 30 heavy (non-hydrogen) atoms. The van der Waals surface area contributed by atoms with E-state index in [1.54, 1.807) is 12.1 Å². The number of carboxylic acid groups (broad SMARTS) is 1. The summed E-state index contributed by atoms with van der Waals surface area (Å²) in [6.45, 7) is 1.22. The summed E-state index contributed by atoms with van der Waals surface area (Å²) in [4.78, 5) is 13.0. The van der Waals surface area contributed by atoms with Crippen molar-refractivity contribution in [1.82, 2.24) is 4.90 Å². The second kappa shape index (κ2) is 7.79. The molecule has 1 atom stereocenters.